The quantitative estimate of drug-likeness (QED) is 0.798. The maximum Gasteiger partial charge on any atom is 0.257 e. The molecule has 0 bridgehead atoms. The van der Waals surface area contributed by atoms with Crippen molar-refractivity contribution in [2.75, 3.05) is 5.32 Å². The summed E-state index contributed by atoms with van der Waals surface area (Å²) in [6, 6.07) is 9.66. The van der Waals surface area contributed by atoms with E-state index in [1.54, 1.807) is 12.1 Å². The lowest BCUT2D eigenvalue weighted by molar-refractivity contribution is 0.102. The first-order valence-corrected chi connectivity index (χ1v) is 9.89. The normalized spacial score (nSPS) is 14.4. The molecule has 25 heavy (non-hydrogen) atoms. The predicted molar refractivity (Wildman–Crippen MR) is 98.9 cm³/mol. The van der Waals surface area contributed by atoms with Crippen molar-refractivity contribution in [3.63, 3.8) is 0 Å². The number of nitrogens with one attached hydrogen (secondary N) is 2. The summed E-state index contributed by atoms with van der Waals surface area (Å²) < 4.78 is 27.4. The zero-order valence-corrected chi connectivity index (χ0v) is 15.7. The Labute approximate surface area is 156 Å². The number of carbonyl (C=O) groups excluding carboxylic acids is 1. The fourth-order valence-electron chi connectivity index (χ4n) is 2.31. The van der Waals surface area contributed by atoms with Crippen molar-refractivity contribution in [3.8, 4) is 0 Å². The third-order valence-electron chi connectivity index (χ3n) is 3.73. The van der Waals surface area contributed by atoms with Crippen molar-refractivity contribution in [2.45, 2.75) is 30.7 Å². The van der Waals surface area contributed by atoms with Crippen LogP contribution in [-0.2, 0) is 10.0 Å². The van der Waals surface area contributed by atoms with Crippen LogP contribution >= 0.6 is 23.2 Å². The van der Waals surface area contributed by atoms with Crippen LogP contribution in [0.1, 0.15) is 28.8 Å². The van der Waals surface area contributed by atoms with Gasteiger partial charge in [-0.3, -0.25) is 4.79 Å². The zero-order chi connectivity index (χ0) is 18.2. The maximum atomic E-state index is 12.5. The number of carbonyl (C=O) groups is 1. The van der Waals surface area contributed by atoms with Crippen molar-refractivity contribution < 1.29 is 13.2 Å². The Bertz CT molecular complexity index is 941. The number of hydrogen-bond donors (Lipinski definition) is 2. The molecule has 132 valence electrons. The second kappa shape index (κ2) is 6.96. The molecule has 0 heterocycles. The summed E-state index contributed by atoms with van der Waals surface area (Å²) in [5.41, 5.74) is 1.62. The Hall–Kier alpha value is -1.60. The molecule has 1 aliphatic carbocycles. The van der Waals surface area contributed by atoms with Crippen LogP contribution in [0.15, 0.2) is 41.3 Å². The molecule has 2 N–H and O–H groups in total. The monoisotopic (exact) mass is 398 g/mol. The number of rotatable bonds is 5. The van der Waals surface area contributed by atoms with Gasteiger partial charge in [0.25, 0.3) is 5.91 Å². The summed E-state index contributed by atoms with van der Waals surface area (Å²) >= 11 is 12.1. The molecule has 1 aliphatic rings. The molecule has 2 aromatic rings. The van der Waals surface area contributed by atoms with Gasteiger partial charge < -0.3 is 5.32 Å². The molecule has 1 fully saturated rings. The zero-order valence-electron chi connectivity index (χ0n) is 13.3. The molecule has 8 heteroatoms. The van der Waals surface area contributed by atoms with Gasteiger partial charge in [0.15, 0.2) is 0 Å². The molecule has 0 radical (unpaired) electrons. The number of anilines is 1. The van der Waals surface area contributed by atoms with Gasteiger partial charge in [-0.25, -0.2) is 13.1 Å². The highest BCUT2D eigenvalue weighted by atomic mass is 35.5. The second-order valence-corrected chi connectivity index (χ2v) is 8.48. The van der Waals surface area contributed by atoms with Crippen LogP contribution in [0.25, 0.3) is 0 Å². The van der Waals surface area contributed by atoms with Gasteiger partial charge in [-0.15, -0.1) is 0 Å². The summed E-state index contributed by atoms with van der Waals surface area (Å²) in [4.78, 5) is 12.4. The van der Waals surface area contributed by atoms with Crippen LogP contribution in [0.4, 0.5) is 5.69 Å². The highest BCUT2D eigenvalue weighted by Crippen LogP contribution is 2.31. The van der Waals surface area contributed by atoms with E-state index in [9.17, 15) is 13.2 Å². The minimum atomic E-state index is -3.80. The molecule has 5 nitrogen and oxygen atoms in total. The topological polar surface area (TPSA) is 75.3 Å². The van der Waals surface area contributed by atoms with Crippen LogP contribution in [0, 0.1) is 6.92 Å². The Balaban J connectivity index is 1.93. The molecular formula is C17H16Cl2N2O3S. The van der Waals surface area contributed by atoms with Crippen LogP contribution in [0.3, 0.4) is 0 Å². The van der Waals surface area contributed by atoms with E-state index < -0.39 is 15.9 Å². The highest BCUT2D eigenvalue weighted by molar-refractivity contribution is 7.89. The third-order valence-corrected chi connectivity index (χ3v) is 6.03. The molecule has 1 amide bonds. The lowest BCUT2D eigenvalue weighted by atomic mass is 10.2. The van der Waals surface area contributed by atoms with Crippen LogP contribution < -0.4 is 10.0 Å². The molecule has 1 saturated carbocycles. The van der Waals surface area contributed by atoms with E-state index in [1.165, 1.54) is 12.1 Å². The minimum absolute atomic E-state index is 0.0229. The van der Waals surface area contributed by atoms with E-state index in [2.05, 4.69) is 10.0 Å². The highest BCUT2D eigenvalue weighted by Gasteiger charge is 2.30. The van der Waals surface area contributed by atoms with Crippen molar-refractivity contribution >= 4 is 44.8 Å². The number of halogens is 2. The standard InChI is InChI=1S/C17H16Cl2N2O3S/c1-10-3-2-4-12(7-10)20-17(22)13-8-16(15(19)9-14(13)18)25(23,24)21-11-5-6-11/h2-4,7-9,11,21H,5-6H2,1H3,(H,20,22). The van der Waals surface area contributed by atoms with E-state index in [4.69, 9.17) is 23.2 Å². The molecule has 0 atom stereocenters. The first-order chi connectivity index (χ1) is 11.8. The summed E-state index contributed by atoms with van der Waals surface area (Å²) in [6.07, 6.45) is 1.59. The number of sulfonamides is 1. The molecule has 0 spiro atoms. The van der Waals surface area contributed by atoms with Crippen molar-refractivity contribution in [1.82, 2.24) is 4.72 Å². The summed E-state index contributed by atoms with van der Waals surface area (Å²) in [5, 5.41) is 2.77. The van der Waals surface area contributed by atoms with E-state index >= 15 is 0 Å². The number of hydrogen-bond acceptors (Lipinski definition) is 3. The van der Waals surface area contributed by atoms with Crippen LogP contribution in [-0.4, -0.2) is 20.4 Å². The van der Waals surface area contributed by atoms with E-state index in [-0.39, 0.29) is 26.5 Å². The van der Waals surface area contributed by atoms with Gasteiger partial charge in [-0.2, -0.15) is 0 Å². The SMILES string of the molecule is Cc1cccc(NC(=O)c2cc(S(=O)(=O)NC3CC3)c(Cl)cc2Cl)c1. The van der Waals surface area contributed by atoms with Crippen molar-refractivity contribution in [2.24, 2.45) is 0 Å². The molecule has 0 aliphatic heterocycles. The molecule has 0 aromatic heterocycles. The fourth-order valence-corrected chi connectivity index (χ4v) is 4.48. The Morgan fingerprint density at radius 1 is 1.12 bits per heavy atom. The van der Waals surface area contributed by atoms with E-state index in [0.29, 0.717) is 5.69 Å². The number of amides is 1. The minimum Gasteiger partial charge on any atom is -0.322 e. The average Bonchev–Trinajstić information content (AvgIpc) is 3.30. The van der Waals surface area contributed by atoms with Crippen LogP contribution in [0.2, 0.25) is 10.0 Å². The molecule has 2 aromatic carbocycles. The van der Waals surface area contributed by atoms with Gasteiger partial charge >= 0.3 is 0 Å². The van der Waals surface area contributed by atoms with Gasteiger partial charge in [0.1, 0.15) is 4.90 Å². The average molecular weight is 399 g/mol. The molecular weight excluding hydrogens is 383 g/mol. The van der Waals surface area contributed by atoms with Gasteiger partial charge in [-0.1, -0.05) is 35.3 Å². The summed E-state index contributed by atoms with van der Waals surface area (Å²) in [7, 11) is -3.80. The molecule has 0 unspecified atom stereocenters. The third kappa shape index (κ3) is 4.33. The van der Waals surface area contributed by atoms with Gasteiger partial charge in [0.05, 0.1) is 15.6 Å². The lowest BCUT2D eigenvalue weighted by Crippen LogP contribution is -2.26. The summed E-state index contributed by atoms with van der Waals surface area (Å²) in [6.45, 7) is 1.90. The fraction of sp³-hybridized carbons (Fsp3) is 0.235. The largest absolute Gasteiger partial charge is 0.322 e. The van der Waals surface area contributed by atoms with Gasteiger partial charge in [-0.05, 0) is 49.6 Å². The molecule has 3 rings (SSSR count). The smallest absolute Gasteiger partial charge is 0.257 e. The summed E-state index contributed by atoms with van der Waals surface area (Å²) in [5.74, 6) is -0.505. The number of aryl methyl sites for hydroxylation is 1. The Morgan fingerprint density at radius 3 is 2.48 bits per heavy atom. The van der Waals surface area contributed by atoms with Gasteiger partial charge in [0, 0.05) is 11.7 Å². The first-order valence-electron chi connectivity index (χ1n) is 7.65. The van der Waals surface area contributed by atoms with Gasteiger partial charge in [0.2, 0.25) is 10.0 Å². The van der Waals surface area contributed by atoms with E-state index in [1.807, 2.05) is 19.1 Å². The first kappa shape index (κ1) is 18.2. The predicted octanol–water partition coefficient (Wildman–Crippen LogP) is 3.99. The Morgan fingerprint density at radius 2 is 1.84 bits per heavy atom. The van der Waals surface area contributed by atoms with Crippen molar-refractivity contribution in [1.29, 1.82) is 0 Å². The number of benzene rings is 2. The van der Waals surface area contributed by atoms with Crippen LogP contribution in [0.5, 0.6) is 0 Å². The molecule has 0 saturated heterocycles. The Kier molecular flexibility index (Phi) is 5.06. The van der Waals surface area contributed by atoms with E-state index in [0.717, 1.165) is 18.4 Å². The maximum absolute atomic E-state index is 12.5. The second-order valence-electron chi connectivity index (χ2n) is 5.98. The van der Waals surface area contributed by atoms with Crippen molar-refractivity contribution in [3.05, 3.63) is 57.6 Å². The lowest BCUT2D eigenvalue weighted by Gasteiger charge is -2.12.